The van der Waals surface area contributed by atoms with E-state index >= 15 is 0 Å². The summed E-state index contributed by atoms with van der Waals surface area (Å²) in [5.41, 5.74) is 4.31. The number of imidazole rings is 1. The SMILES string of the molecule is Cc1ccccc1CSCC(=O)Nc1ccc2[nH]c(=O)[nH]c2c1. The summed E-state index contributed by atoms with van der Waals surface area (Å²) in [4.78, 5) is 28.6. The number of nitrogens with one attached hydrogen (secondary N) is 3. The van der Waals surface area contributed by atoms with Crippen molar-refractivity contribution < 1.29 is 4.79 Å². The fraction of sp³-hybridized carbons (Fsp3) is 0.176. The Morgan fingerprint density at radius 3 is 2.74 bits per heavy atom. The van der Waals surface area contributed by atoms with Crippen molar-refractivity contribution >= 4 is 34.4 Å². The summed E-state index contributed by atoms with van der Waals surface area (Å²) in [6.45, 7) is 2.07. The number of anilines is 1. The van der Waals surface area contributed by atoms with E-state index in [9.17, 15) is 9.59 Å². The second-order valence-corrected chi connectivity index (χ2v) is 6.29. The Morgan fingerprint density at radius 2 is 1.91 bits per heavy atom. The number of amides is 1. The van der Waals surface area contributed by atoms with Crippen LogP contribution in [0.2, 0.25) is 0 Å². The van der Waals surface area contributed by atoms with Gasteiger partial charge in [-0.05, 0) is 36.2 Å². The minimum atomic E-state index is -0.253. The molecule has 3 rings (SSSR count). The van der Waals surface area contributed by atoms with E-state index in [1.54, 1.807) is 30.0 Å². The van der Waals surface area contributed by atoms with E-state index in [0.29, 0.717) is 17.0 Å². The molecule has 0 spiro atoms. The number of aromatic nitrogens is 2. The number of carbonyl (C=O) groups is 1. The van der Waals surface area contributed by atoms with E-state index in [2.05, 4.69) is 34.3 Å². The van der Waals surface area contributed by atoms with Crippen LogP contribution in [0.1, 0.15) is 11.1 Å². The first-order chi connectivity index (χ1) is 11.1. The van der Waals surface area contributed by atoms with Gasteiger partial charge < -0.3 is 15.3 Å². The Bertz CT molecular complexity index is 898. The van der Waals surface area contributed by atoms with Crippen molar-refractivity contribution in [2.75, 3.05) is 11.1 Å². The first-order valence-corrected chi connectivity index (χ1v) is 8.41. The number of benzene rings is 2. The second kappa shape index (κ2) is 6.75. The van der Waals surface area contributed by atoms with Crippen LogP contribution in [0.3, 0.4) is 0 Å². The van der Waals surface area contributed by atoms with E-state index in [0.717, 1.165) is 11.3 Å². The highest BCUT2D eigenvalue weighted by atomic mass is 32.2. The zero-order chi connectivity index (χ0) is 16.2. The molecule has 3 aromatic rings. The van der Waals surface area contributed by atoms with Gasteiger partial charge in [0.2, 0.25) is 5.91 Å². The zero-order valence-corrected chi connectivity index (χ0v) is 13.5. The highest BCUT2D eigenvalue weighted by Gasteiger charge is 2.06. The molecule has 1 heterocycles. The molecule has 0 aliphatic carbocycles. The van der Waals surface area contributed by atoms with Gasteiger partial charge in [0, 0.05) is 11.4 Å². The quantitative estimate of drug-likeness (QED) is 0.674. The van der Waals surface area contributed by atoms with Gasteiger partial charge >= 0.3 is 5.69 Å². The molecule has 0 aliphatic heterocycles. The molecule has 0 saturated carbocycles. The Labute approximate surface area is 137 Å². The van der Waals surface area contributed by atoms with Gasteiger partial charge in [-0.2, -0.15) is 0 Å². The summed E-state index contributed by atoms with van der Waals surface area (Å²) in [7, 11) is 0. The lowest BCUT2D eigenvalue weighted by molar-refractivity contribution is -0.113. The summed E-state index contributed by atoms with van der Waals surface area (Å²) in [6, 6.07) is 13.5. The molecule has 5 nitrogen and oxygen atoms in total. The summed E-state index contributed by atoms with van der Waals surface area (Å²) >= 11 is 1.58. The van der Waals surface area contributed by atoms with Crippen LogP contribution in [-0.2, 0) is 10.5 Å². The number of rotatable bonds is 5. The van der Waals surface area contributed by atoms with Crippen LogP contribution in [0.25, 0.3) is 11.0 Å². The molecule has 6 heteroatoms. The number of aromatic amines is 2. The Balaban J connectivity index is 1.56. The van der Waals surface area contributed by atoms with Gasteiger partial charge in [0.25, 0.3) is 0 Å². The van der Waals surface area contributed by atoms with Crippen molar-refractivity contribution in [2.24, 2.45) is 0 Å². The monoisotopic (exact) mass is 327 g/mol. The average Bonchev–Trinajstić information content (AvgIpc) is 2.88. The minimum absolute atomic E-state index is 0.0548. The maximum atomic E-state index is 12.0. The molecular weight excluding hydrogens is 310 g/mol. The second-order valence-electron chi connectivity index (χ2n) is 5.31. The van der Waals surface area contributed by atoms with Crippen molar-refractivity contribution in [3.8, 4) is 0 Å². The fourth-order valence-electron chi connectivity index (χ4n) is 2.33. The molecule has 0 aliphatic rings. The molecule has 2 aromatic carbocycles. The Morgan fingerprint density at radius 1 is 1.13 bits per heavy atom. The van der Waals surface area contributed by atoms with Crippen molar-refractivity contribution in [3.05, 3.63) is 64.1 Å². The van der Waals surface area contributed by atoms with Gasteiger partial charge in [-0.1, -0.05) is 24.3 Å². The molecule has 0 radical (unpaired) electrons. The molecule has 0 atom stereocenters. The smallest absolute Gasteiger partial charge is 0.323 e. The first-order valence-electron chi connectivity index (χ1n) is 7.26. The van der Waals surface area contributed by atoms with Crippen LogP contribution >= 0.6 is 11.8 Å². The normalized spacial score (nSPS) is 10.8. The molecule has 118 valence electrons. The van der Waals surface area contributed by atoms with E-state index in [-0.39, 0.29) is 11.6 Å². The number of fused-ring (bicyclic) bond motifs is 1. The van der Waals surface area contributed by atoms with Gasteiger partial charge in [0.15, 0.2) is 0 Å². The molecule has 0 fully saturated rings. The van der Waals surface area contributed by atoms with E-state index in [1.165, 1.54) is 11.1 Å². The number of hydrogen-bond acceptors (Lipinski definition) is 3. The molecular formula is C17H17N3O2S. The van der Waals surface area contributed by atoms with Crippen LogP contribution in [0.15, 0.2) is 47.3 Å². The van der Waals surface area contributed by atoms with Crippen molar-refractivity contribution in [1.82, 2.24) is 9.97 Å². The zero-order valence-electron chi connectivity index (χ0n) is 12.7. The number of thioether (sulfide) groups is 1. The molecule has 1 amide bonds. The van der Waals surface area contributed by atoms with Gasteiger partial charge in [-0.15, -0.1) is 11.8 Å². The van der Waals surface area contributed by atoms with Gasteiger partial charge in [-0.3, -0.25) is 4.79 Å². The number of H-pyrrole nitrogens is 2. The van der Waals surface area contributed by atoms with Crippen molar-refractivity contribution in [3.63, 3.8) is 0 Å². The third kappa shape index (κ3) is 3.84. The third-order valence-corrected chi connectivity index (χ3v) is 4.53. The molecule has 0 unspecified atom stereocenters. The van der Waals surface area contributed by atoms with Crippen LogP contribution in [0, 0.1) is 6.92 Å². The van der Waals surface area contributed by atoms with Crippen molar-refractivity contribution in [2.45, 2.75) is 12.7 Å². The predicted molar refractivity (Wildman–Crippen MR) is 94.9 cm³/mol. The molecule has 0 bridgehead atoms. The largest absolute Gasteiger partial charge is 0.325 e. The van der Waals surface area contributed by atoms with Crippen LogP contribution in [0.4, 0.5) is 5.69 Å². The van der Waals surface area contributed by atoms with Crippen LogP contribution in [-0.4, -0.2) is 21.6 Å². The van der Waals surface area contributed by atoms with E-state index in [4.69, 9.17) is 0 Å². The molecule has 1 aromatic heterocycles. The Hall–Kier alpha value is -2.47. The fourth-order valence-corrected chi connectivity index (χ4v) is 3.24. The van der Waals surface area contributed by atoms with Gasteiger partial charge in [0.1, 0.15) is 0 Å². The van der Waals surface area contributed by atoms with Crippen LogP contribution in [0.5, 0.6) is 0 Å². The highest BCUT2D eigenvalue weighted by molar-refractivity contribution is 7.99. The topological polar surface area (TPSA) is 77.8 Å². The van der Waals surface area contributed by atoms with Gasteiger partial charge in [-0.25, -0.2) is 4.79 Å². The average molecular weight is 327 g/mol. The van der Waals surface area contributed by atoms with E-state index < -0.39 is 0 Å². The van der Waals surface area contributed by atoms with Gasteiger partial charge in [0.05, 0.1) is 16.8 Å². The minimum Gasteiger partial charge on any atom is -0.325 e. The third-order valence-electron chi connectivity index (χ3n) is 3.55. The summed E-state index contributed by atoms with van der Waals surface area (Å²) in [5, 5.41) is 2.85. The number of aryl methyl sites for hydroxylation is 1. The Kier molecular flexibility index (Phi) is 4.52. The maximum Gasteiger partial charge on any atom is 0.323 e. The summed E-state index contributed by atoms with van der Waals surface area (Å²) in [5.74, 6) is 1.14. The van der Waals surface area contributed by atoms with Crippen molar-refractivity contribution in [1.29, 1.82) is 0 Å². The molecule has 0 saturated heterocycles. The highest BCUT2D eigenvalue weighted by Crippen LogP contribution is 2.17. The van der Waals surface area contributed by atoms with Crippen LogP contribution < -0.4 is 11.0 Å². The lowest BCUT2D eigenvalue weighted by Gasteiger charge is -2.07. The summed E-state index contributed by atoms with van der Waals surface area (Å²) < 4.78 is 0. The number of carbonyl (C=O) groups excluding carboxylic acids is 1. The molecule has 3 N–H and O–H groups in total. The standard InChI is InChI=1S/C17H17N3O2S/c1-11-4-2-3-5-12(11)9-23-10-16(21)18-13-6-7-14-15(8-13)20-17(22)19-14/h2-8H,9-10H2,1H3,(H,18,21)(H2,19,20,22). The summed E-state index contributed by atoms with van der Waals surface area (Å²) in [6.07, 6.45) is 0. The molecule has 23 heavy (non-hydrogen) atoms. The maximum absolute atomic E-state index is 12.0. The number of hydrogen-bond donors (Lipinski definition) is 3. The van der Waals surface area contributed by atoms with E-state index in [1.807, 2.05) is 12.1 Å². The predicted octanol–water partition coefficient (Wildman–Crippen LogP) is 3.04. The lowest BCUT2D eigenvalue weighted by atomic mass is 10.1. The lowest BCUT2D eigenvalue weighted by Crippen LogP contribution is -2.14. The first kappa shape index (κ1) is 15.4.